The topological polar surface area (TPSA) is 20.3 Å². The van der Waals surface area contributed by atoms with Crippen molar-refractivity contribution in [3.05, 3.63) is 24.3 Å². The molecule has 2 rings (SSSR count). The summed E-state index contributed by atoms with van der Waals surface area (Å²) in [5.41, 5.74) is 1.19. The molecule has 3 heteroatoms. The van der Waals surface area contributed by atoms with Crippen molar-refractivity contribution in [1.29, 1.82) is 0 Å². The normalized spacial score (nSPS) is 14.5. The van der Waals surface area contributed by atoms with Crippen molar-refractivity contribution in [1.82, 2.24) is 0 Å². The molecule has 0 saturated heterocycles. The Balaban J connectivity index is 2.29. The molecule has 0 fully saturated rings. The molecule has 1 heterocycles. The molecule has 0 aliphatic carbocycles. The predicted octanol–water partition coefficient (Wildman–Crippen LogP) is 1.76. The van der Waals surface area contributed by atoms with Crippen LogP contribution in [0.1, 0.15) is 0 Å². The summed E-state index contributed by atoms with van der Waals surface area (Å²) >= 11 is 1.78. The molecule has 1 aliphatic rings. The van der Waals surface area contributed by atoms with E-state index in [9.17, 15) is 4.79 Å². The number of carbonyl (C=O) groups excluding carboxylic acids is 1. The van der Waals surface area contributed by atoms with Gasteiger partial charge in [-0.3, -0.25) is 0 Å². The lowest BCUT2D eigenvalue weighted by molar-refractivity contribution is -0.106. The molecule has 0 unspecified atom stereocenters. The second-order valence-corrected chi connectivity index (χ2v) is 3.62. The van der Waals surface area contributed by atoms with Crippen LogP contribution in [0.2, 0.25) is 0 Å². The van der Waals surface area contributed by atoms with E-state index in [1.807, 2.05) is 12.1 Å². The largest absolute Gasteiger partial charge is 0.354 e. The Morgan fingerprint density at radius 1 is 1.50 bits per heavy atom. The first-order valence-corrected chi connectivity index (χ1v) is 4.81. The van der Waals surface area contributed by atoms with Gasteiger partial charge < -0.3 is 9.69 Å². The predicted molar refractivity (Wildman–Crippen MR) is 50.6 cm³/mol. The summed E-state index contributed by atoms with van der Waals surface area (Å²) in [4.78, 5) is 13.7. The highest BCUT2D eigenvalue weighted by Gasteiger charge is 2.17. The molecule has 1 aliphatic heterocycles. The monoisotopic (exact) mass is 179 g/mol. The van der Waals surface area contributed by atoms with Gasteiger partial charge >= 0.3 is 0 Å². The first-order valence-electron chi connectivity index (χ1n) is 3.82. The van der Waals surface area contributed by atoms with Gasteiger partial charge in [-0.15, -0.1) is 11.8 Å². The van der Waals surface area contributed by atoms with Crippen molar-refractivity contribution in [2.45, 2.75) is 4.90 Å². The number of rotatable bonds is 2. The molecule has 0 bridgehead atoms. The smallest absolute Gasteiger partial charge is 0.139 e. The highest BCUT2D eigenvalue weighted by atomic mass is 32.2. The number of hydrogen-bond acceptors (Lipinski definition) is 3. The van der Waals surface area contributed by atoms with Crippen molar-refractivity contribution in [2.75, 3.05) is 17.3 Å². The molecule has 12 heavy (non-hydrogen) atoms. The fraction of sp³-hybridized carbons (Fsp3) is 0.222. The van der Waals surface area contributed by atoms with Gasteiger partial charge in [0.15, 0.2) is 0 Å². The van der Waals surface area contributed by atoms with Gasteiger partial charge in [-0.1, -0.05) is 12.1 Å². The number of nitrogens with zero attached hydrogens (tertiary/aromatic N) is 1. The van der Waals surface area contributed by atoms with Crippen LogP contribution in [0.3, 0.4) is 0 Å². The second-order valence-electron chi connectivity index (χ2n) is 2.63. The van der Waals surface area contributed by atoms with E-state index in [1.54, 1.807) is 11.8 Å². The van der Waals surface area contributed by atoms with Crippen molar-refractivity contribution in [2.24, 2.45) is 0 Å². The fourth-order valence-corrected chi connectivity index (χ4v) is 2.36. The van der Waals surface area contributed by atoms with Crippen LogP contribution in [0.4, 0.5) is 5.69 Å². The maximum Gasteiger partial charge on any atom is 0.139 e. The third kappa shape index (κ3) is 1.20. The van der Waals surface area contributed by atoms with Crippen LogP contribution in [0, 0.1) is 0 Å². The van der Waals surface area contributed by atoms with E-state index in [0.717, 1.165) is 12.2 Å². The summed E-state index contributed by atoms with van der Waals surface area (Å²) in [5, 5.41) is 0. The van der Waals surface area contributed by atoms with Crippen LogP contribution in [-0.2, 0) is 4.79 Å². The Labute approximate surface area is 75.6 Å². The van der Waals surface area contributed by atoms with E-state index < -0.39 is 0 Å². The third-order valence-electron chi connectivity index (χ3n) is 1.88. The van der Waals surface area contributed by atoms with Crippen LogP contribution < -0.4 is 4.90 Å². The minimum Gasteiger partial charge on any atom is -0.354 e. The van der Waals surface area contributed by atoms with Gasteiger partial charge in [0, 0.05) is 4.90 Å². The SMILES string of the molecule is O=CCN1CSc2ccccc21. The van der Waals surface area contributed by atoms with E-state index in [0.29, 0.717) is 6.54 Å². The van der Waals surface area contributed by atoms with Crippen molar-refractivity contribution >= 4 is 23.7 Å². The summed E-state index contributed by atoms with van der Waals surface area (Å²) in [6, 6.07) is 8.17. The second kappa shape index (κ2) is 3.19. The lowest BCUT2D eigenvalue weighted by Gasteiger charge is -2.13. The number of fused-ring (bicyclic) bond motifs is 1. The Morgan fingerprint density at radius 3 is 3.17 bits per heavy atom. The lowest BCUT2D eigenvalue weighted by atomic mass is 10.3. The van der Waals surface area contributed by atoms with Gasteiger partial charge in [0.2, 0.25) is 0 Å². The molecule has 2 nitrogen and oxygen atoms in total. The molecule has 1 aromatic carbocycles. The van der Waals surface area contributed by atoms with Crippen molar-refractivity contribution in [3.8, 4) is 0 Å². The zero-order chi connectivity index (χ0) is 8.39. The van der Waals surface area contributed by atoms with E-state index in [2.05, 4.69) is 17.0 Å². The zero-order valence-corrected chi connectivity index (χ0v) is 7.38. The van der Waals surface area contributed by atoms with E-state index in [-0.39, 0.29) is 0 Å². The Bertz CT molecular complexity index is 300. The first kappa shape index (κ1) is 7.68. The summed E-state index contributed by atoms with van der Waals surface area (Å²) in [6.07, 6.45) is 0.947. The number of carbonyl (C=O) groups is 1. The maximum absolute atomic E-state index is 10.3. The number of benzene rings is 1. The van der Waals surface area contributed by atoms with Gasteiger partial charge in [0.25, 0.3) is 0 Å². The van der Waals surface area contributed by atoms with Crippen LogP contribution >= 0.6 is 11.8 Å². The molecular formula is C9H9NOS. The number of anilines is 1. The first-order chi connectivity index (χ1) is 5.92. The molecule has 0 saturated carbocycles. The molecule has 62 valence electrons. The van der Waals surface area contributed by atoms with Crippen molar-refractivity contribution in [3.63, 3.8) is 0 Å². The molecule has 0 radical (unpaired) electrons. The molecular weight excluding hydrogens is 170 g/mol. The van der Waals surface area contributed by atoms with Crippen LogP contribution in [0.5, 0.6) is 0 Å². The molecule has 0 N–H and O–H groups in total. The molecule has 0 amide bonds. The Kier molecular flexibility index (Phi) is 2.04. The quantitative estimate of drug-likeness (QED) is 0.645. The van der Waals surface area contributed by atoms with E-state index >= 15 is 0 Å². The van der Waals surface area contributed by atoms with Crippen LogP contribution in [0.25, 0.3) is 0 Å². The molecule has 0 aromatic heterocycles. The minimum atomic E-state index is 0.504. The average Bonchev–Trinajstić information content (AvgIpc) is 2.50. The summed E-state index contributed by atoms with van der Waals surface area (Å²) in [6.45, 7) is 0.504. The van der Waals surface area contributed by atoms with Gasteiger partial charge in [-0.25, -0.2) is 0 Å². The van der Waals surface area contributed by atoms with E-state index in [1.165, 1.54) is 10.6 Å². The number of hydrogen-bond donors (Lipinski definition) is 0. The number of aldehydes is 1. The van der Waals surface area contributed by atoms with Crippen LogP contribution in [0.15, 0.2) is 29.2 Å². The Hall–Kier alpha value is -0.960. The molecule has 0 atom stereocenters. The third-order valence-corrected chi connectivity index (χ3v) is 2.97. The van der Waals surface area contributed by atoms with Crippen molar-refractivity contribution < 1.29 is 4.79 Å². The summed E-state index contributed by atoms with van der Waals surface area (Å²) < 4.78 is 0. The fourth-order valence-electron chi connectivity index (χ4n) is 1.30. The minimum absolute atomic E-state index is 0.504. The highest BCUT2D eigenvalue weighted by Crippen LogP contribution is 2.37. The van der Waals surface area contributed by atoms with Crippen LogP contribution in [-0.4, -0.2) is 18.7 Å². The van der Waals surface area contributed by atoms with Gasteiger partial charge in [-0.2, -0.15) is 0 Å². The van der Waals surface area contributed by atoms with E-state index in [4.69, 9.17) is 0 Å². The lowest BCUT2D eigenvalue weighted by Crippen LogP contribution is -2.20. The van der Waals surface area contributed by atoms with Gasteiger partial charge in [0.1, 0.15) is 6.29 Å². The molecule has 0 spiro atoms. The number of thioether (sulfide) groups is 1. The summed E-state index contributed by atoms with van der Waals surface area (Å²) in [5.74, 6) is 0.901. The maximum atomic E-state index is 10.3. The average molecular weight is 179 g/mol. The Morgan fingerprint density at radius 2 is 2.33 bits per heavy atom. The standard InChI is InChI=1S/C9H9NOS/c11-6-5-10-7-12-9-4-2-1-3-8(9)10/h1-4,6H,5,7H2. The van der Waals surface area contributed by atoms with Gasteiger partial charge in [-0.05, 0) is 12.1 Å². The number of para-hydroxylation sites is 1. The molecule has 1 aromatic rings. The highest BCUT2D eigenvalue weighted by molar-refractivity contribution is 7.99. The summed E-state index contributed by atoms with van der Waals surface area (Å²) in [7, 11) is 0. The zero-order valence-electron chi connectivity index (χ0n) is 6.56. The van der Waals surface area contributed by atoms with Gasteiger partial charge in [0.05, 0.1) is 18.1 Å².